The highest BCUT2D eigenvalue weighted by molar-refractivity contribution is 9.10. The van der Waals surface area contributed by atoms with E-state index in [0.29, 0.717) is 12.5 Å². The number of nitrogens with two attached hydrogens (primary N) is 1. The molecule has 0 amide bonds. The highest BCUT2D eigenvalue weighted by atomic mass is 79.9. The number of thiophene rings is 1. The number of benzene rings is 1. The summed E-state index contributed by atoms with van der Waals surface area (Å²) in [4.78, 5) is 2.54. The van der Waals surface area contributed by atoms with Crippen molar-refractivity contribution in [1.29, 1.82) is 0 Å². The van der Waals surface area contributed by atoms with Crippen molar-refractivity contribution in [2.75, 3.05) is 6.54 Å². The Kier molecular flexibility index (Phi) is 4.97. The molecular formula is C16H18BrNS. The zero-order valence-corrected chi connectivity index (χ0v) is 13.6. The molecule has 0 atom stereocenters. The van der Waals surface area contributed by atoms with Crippen molar-refractivity contribution < 1.29 is 0 Å². The van der Waals surface area contributed by atoms with Crippen molar-refractivity contribution in [2.45, 2.75) is 13.8 Å². The van der Waals surface area contributed by atoms with E-state index in [-0.39, 0.29) is 0 Å². The van der Waals surface area contributed by atoms with Crippen LogP contribution in [0.3, 0.4) is 0 Å². The lowest BCUT2D eigenvalue weighted by Crippen LogP contribution is -2.07. The van der Waals surface area contributed by atoms with Crippen molar-refractivity contribution in [3.8, 4) is 10.4 Å². The first kappa shape index (κ1) is 14.5. The predicted molar refractivity (Wildman–Crippen MR) is 89.3 cm³/mol. The van der Waals surface area contributed by atoms with Crippen molar-refractivity contribution in [3.63, 3.8) is 0 Å². The van der Waals surface area contributed by atoms with E-state index in [1.54, 1.807) is 11.3 Å². The maximum Gasteiger partial charge on any atom is 0.0360 e. The minimum Gasteiger partial charge on any atom is -0.327 e. The standard InChI is InChI=1S/C16H18BrNS/c1-11(2)12(10-18)9-13-7-8-16(19-13)14-5-3-4-6-15(14)17/h3-9,11H,10,18H2,1-2H3. The summed E-state index contributed by atoms with van der Waals surface area (Å²) in [5, 5.41) is 0. The minimum absolute atomic E-state index is 0.499. The second-order valence-corrected chi connectivity index (χ2v) is 6.73. The molecule has 0 fully saturated rings. The van der Waals surface area contributed by atoms with Gasteiger partial charge in [0, 0.05) is 26.3 Å². The quantitative estimate of drug-likeness (QED) is 0.818. The third-order valence-electron chi connectivity index (χ3n) is 3.07. The molecule has 0 saturated carbocycles. The predicted octanol–water partition coefficient (Wildman–Crippen LogP) is 5.18. The van der Waals surface area contributed by atoms with E-state index in [2.05, 4.69) is 66.2 Å². The molecule has 0 spiro atoms. The van der Waals surface area contributed by atoms with Crippen LogP contribution in [0.15, 0.2) is 46.4 Å². The van der Waals surface area contributed by atoms with Crippen molar-refractivity contribution in [3.05, 3.63) is 51.3 Å². The second-order valence-electron chi connectivity index (χ2n) is 4.76. The molecule has 1 aromatic carbocycles. The van der Waals surface area contributed by atoms with Gasteiger partial charge in [-0.25, -0.2) is 0 Å². The zero-order valence-electron chi connectivity index (χ0n) is 11.2. The monoisotopic (exact) mass is 335 g/mol. The first-order valence-electron chi connectivity index (χ1n) is 6.37. The van der Waals surface area contributed by atoms with Crippen LogP contribution in [0.1, 0.15) is 18.7 Å². The number of halogens is 1. The molecular weight excluding hydrogens is 318 g/mol. The van der Waals surface area contributed by atoms with E-state index in [1.165, 1.54) is 20.9 Å². The highest BCUT2D eigenvalue weighted by Crippen LogP contribution is 2.34. The molecule has 1 heterocycles. The van der Waals surface area contributed by atoms with Gasteiger partial charge < -0.3 is 5.73 Å². The maximum atomic E-state index is 5.79. The van der Waals surface area contributed by atoms with Gasteiger partial charge in [-0.15, -0.1) is 11.3 Å². The Morgan fingerprint density at radius 1 is 1.26 bits per heavy atom. The average molecular weight is 336 g/mol. The molecule has 1 aromatic heterocycles. The zero-order chi connectivity index (χ0) is 13.8. The summed E-state index contributed by atoms with van der Waals surface area (Å²) in [7, 11) is 0. The van der Waals surface area contributed by atoms with Crippen molar-refractivity contribution in [2.24, 2.45) is 11.7 Å². The Labute approximate surface area is 127 Å². The van der Waals surface area contributed by atoms with E-state index < -0.39 is 0 Å². The SMILES string of the molecule is CC(C)C(=Cc1ccc(-c2ccccc2Br)s1)CN. The van der Waals surface area contributed by atoms with E-state index in [1.807, 2.05) is 6.07 Å². The van der Waals surface area contributed by atoms with Gasteiger partial charge in [0.15, 0.2) is 0 Å². The number of hydrogen-bond acceptors (Lipinski definition) is 2. The van der Waals surface area contributed by atoms with Crippen LogP contribution >= 0.6 is 27.3 Å². The van der Waals surface area contributed by atoms with Gasteiger partial charge in [-0.3, -0.25) is 0 Å². The topological polar surface area (TPSA) is 26.0 Å². The Balaban J connectivity index is 2.32. The highest BCUT2D eigenvalue weighted by Gasteiger charge is 2.06. The third kappa shape index (κ3) is 3.56. The normalized spacial score (nSPS) is 12.2. The van der Waals surface area contributed by atoms with Crippen LogP contribution in [0, 0.1) is 5.92 Å². The van der Waals surface area contributed by atoms with Crippen LogP contribution in [0.25, 0.3) is 16.5 Å². The van der Waals surface area contributed by atoms with Gasteiger partial charge in [0.2, 0.25) is 0 Å². The summed E-state index contributed by atoms with van der Waals surface area (Å²) in [6, 6.07) is 12.6. The summed E-state index contributed by atoms with van der Waals surface area (Å²) in [6.07, 6.45) is 2.22. The Morgan fingerprint density at radius 2 is 2.00 bits per heavy atom. The molecule has 2 aromatic rings. The lowest BCUT2D eigenvalue weighted by atomic mass is 10.0. The minimum atomic E-state index is 0.499. The molecule has 0 saturated heterocycles. The Hall–Kier alpha value is -0.900. The van der Waals surface area contributed by atoms with Gasteiger partial charge in [0.1, 0.15) is 0 Å². The molecule has 0 aliphatic heterocycles. The largest absolute Gasteiger partial charge is 0.327 e. The van der Waals surface area contributed by atoms with Crippen LogP contribution in [-0.4, -0.2) is 6.54 Å². The first-order valence-corrected chi connectivity index (χ1v) is 7.98. The lowest BCUT2D eigenvalue weighted by Gasteiger charge is -2.07. The molecule has 0 aliphatic carbocycles. The molecule has 1 nitrogen and oxygen atoms in total. The van der Waals surface area contributed by atoms with Crippen LogP contribution in [0.5, 0.6) is 0 Å². The fourth-order valence-corrected chi connectivity index (χ4v) is 3.53. The molecule has 0 bridgehead atoms. The molecule has 19 heavy (non-hydrogen) atoms. The molecule has 3 heteroatoms. The van der Waals surface area contributed by atoms with Crippen LogP contribution in [-0.2, 0) is 0 Å². The molecule has 2 N–H and O–H groups in total. The van der Waals surface area contributed by atoms with Gasteiger partial charge in [0.25, 0.3) is 0 Å². The van der Waals surface area contributed by atoms with Gasteiger partial charge >= 0.3 is 0 Å². The summed E-state index contributed by atoms with van der Waals surface area (Å²) in [5.41, 5.74) is 8.33. The molecule has 100 valence electrons. The van der Waals surface area contributed by atoms with Crippen molar-refractivity contribution in [1.82, 2.24) is 0 Å². The smallest absolute Gasteiger partial charge is 0.0360 e. The fraction of sp³-hybridized carbons (Fsp3) is 0.250. The van der Waals surface area contributed by atoms with Crippen LogP contribution in [0.2, 0.25) is 0 Å². The molecule has 0 unspecified atom stereocenters. The van der Waals surface area contributed by atoms with Gasteiger partial charge in [0.05, 0.1) is 0 Å². The van der Waals surface area contributed by atoms with Gasteiger partial charge in [-0.2, -0.15) is 0 Å². The molecule has 0 aliphatic rings. The molecule has 2 rings (SSSR count). The first-order chi connectivity index (χ1) is 9.11. The summed E-state index contributed by atoms with van der Waals surface area (Å²) in [5.74, 6) is 0.499. The fourth-order valence-electron chi connectivity index (χ4n) is 1.88. The lowest BCUT2D eigenvalue weighted by molar-refractivity contribution is 0.753. The second kappa shape index (κ2) is 6.51. The Morgan fingerprint density at radius 3 is 2.63 bits per heavy atom. The summed E-state index contributed by atoms with van der Waals surface area (Å²) in [6.45, 7) is 4.99. The van der Waals surface area contributed by atoms with Crippen molar-refractivity contribution >= 4 is 33.3 Å². The third-order valence-corrected chi connectivity index (χ3v) is 4.83. The summed E-state index contributed by atoms with van der Waals surface area (Å²) < 4.78 is 1.13. The van der Waals surface area contributed by atoms with E-state index in [4.69, 9.17) is 5.73 Å². The molecule has 0 radical (unpaired) electrons. The average Bonchev–Trinajstić information content (AvgIpc) is 2.84. The number of rotatable bonds is 4. The van der Waals surface area contributed by atoms with E-state index in [9.17, 15) is 0 Å². The number of hydrogen-bond donors (Lipinski definition) is 1. The van der Waals surface area contributed by atoms with Crippen LogP contribution in [0.4, 0.5) is 0 Å². The maximum absolute atomic E-state index is 5.79. The van der Waals surface area contributed by atoms with Gasteiger partial charge in [-0.05, 0) is 30.2 Å². The summed E-state index contributed by atoms with van der Waals surface area (Å²) >= 11 is 5.40. The van der Waals surface area contributed by atoms with E-state index in [0.717, 1.165) is 4.47 Å². The van der Waals surface area contributed by atoms with Gasteiger partial charge in [-0.1, -0.05) is 53.5 Å². The van der Waals surface area contributed by atoms with E-state index >= 15 is 0 Å². The Bertz CT molecular complexity index is 584. The van der Waals surface area contributed by atoms with Crippen LogP contribution < -0.4 is 5.73 Å².